The maximum Gasteiger partial charge on any atom is 0.284 e. The second-order valence-electron chi connectivity index (χ2n) is 7.35. The van der Waals surface area contributed by atoms with Crippen LogP contribution in [0, 0.1) is 37.3 Å². The van der Waals surface area contributed by atoms with E-state index in [0.717, 1.165) is 23.8 Å². The zero-order chi connectivity index (χ0) is 24.7. The van der Waals surface area contributed by atoms with Crippen molar-refractivity contribution in [2.24, 2.45) is 5.16 Å². The lowest BCUT2D eigenvalue weighted by atomic mass is 9.96. The molecular weight excluding hydrogens is 450 g/mol. The molecule has 0 spiro atoms. The van der Waals surface area contributed by atoms with E-state index in [0.29, 0.717) is 11.8 Å². The number of nitro groups is 3. The van der Waals surface area contributed by atoms with E-state index in [1.807, 2.05) is 0 Å². The summed E-state index contributed by atoms with van der Waals surface area (Å²) in [6, 6.07) is 10.3. The van der Waals surface area contributed by atoms with Gasteiger partial charge in [-0.3, -0.25) is 35.1 Å². The highest BCUT2D eigenvalue weighted by atomic mass is 16.6. The highest BCUT2D eigenvalue weighted by molar-refractivity contribution is 6.29. The molecule has 13 nitrogen and oxygen atoms in total. The zero-order valence-corrected chi connectivity index (χ0v) is 17.2. The summed E-state index contributed by atoms with van der Waals surface area (Å²) in [5.41, 5.74) is -2.08. The van der Waals surface area contributed by atoms with Gasteiger partial charge in [-0.1, -0.05) is 17.3 Å². The third-order valence-electron chi connectivity index (χ3n) is 5.22. The molecule has 13 heteroatoms. The van der Waals surface area contributed by atoms with Crippen molar-refractivity contribution in [1.82, 2.24) is 0 Å². The molecule has 0 saturated heterocycles. The third kappa shape index (κ3) is 3.56. The number of aryl methyl sites for hydroxylation is 1. The van der Waals surface area contributed by atoms with Crippen LogP contribution in [-0.2, 0) is 0 Å². The van der Waals surface area contributed by atoms with Gasteiger partial charge in [-0.25, -0.2) is 0 Å². The van der Waals surface area contributed by atoms with Gasteiger partial charge in [-0.2, -0.15) is 0 Å². The largest absolute Gasteiger partial charge is 0.410 e. The van der Waals surface area contributed by atoms with Crippen LogP contribution in [0.1, 0.15) is 27.0 Å². The van der Waals surface area contributed by atoms with Crippen molar-refractivity contribution in [3.63, 3.8) is 0 Å². The van der Waals surface area contributed by atoms with Gasteiger partial charge in [0.25, 0.3) is 23.0 Å². The number of rotatable bonds is 5. The molecule has 1 aliphatic rings. The Kier molecular flexibility index (Phi) is 5.21. The van der Waals surface area contributed by atoms with E-state index in [1.54, 1.807) is 31.2 Å². The molecule has 3 aromatic carbocycles. The van der Waals surface area contributed by atoms with Crippen LogP contribution in [0.25, 0.3) is 11.1 Å². The summed E-state index contributed by atoms with van der Waals surface area (Å²) >= 11 is 0. The molecule has 3 aromatic rings. The highest BCUT2D eigenvalue weighted by Gasteiger charge is 2.39. The van der Waals surface area contributed by atoms with Crippen molar-refractivity contribution in [3.8, 4) is 11.1 Å². The normalized spacial score (nSPS) is 12.7. The summed E-state index contributed by atoms with van der Waals surface area (Å²) in [7, 11) is 0. The summed E-state index contributed by atoms with van der Waals surface area (Å²) in [5.74, 6) is -0.816. The molecule has 0 atom stereocenters. The van der Waals surface area contributed by atoms with E-state index < -0.39 is 37.7 Å². The molecule has 4 rings (SSSR count). The topological polar surface area (TPSA) is 191 Å². The number of carbonyl (C=O) groups excluding carboxylic acids is 1. The van der Waals surface area contributed by atoms with E-state index in [-0.39, 0.29) is 33.5 Å². The molecule has 1 aliphatic carbocycles. The van der Waals surface area contributed by atoms with Crippen LogP contribution in [0.3, 0.4) is 0 Å². The Morgan fingerprint density at radius 2 is 1.50 bits per heavy atom. The van der Waals surface area contributed by atoms with Gasteiger partial charge in [0.2, 0.25) is 0 Å². The number of oxime groups is 1. The SMILES string of the molecule is Cc1cccc(NC(=O)c2cc([N+](=O)[O-])cc3c2-c2c(cc([N+](=O)[O-])cc2[N+](=O)[O-])/C3=N/O)c1. The number of carbonyl (C=O) groups is 1. The number of benzene rings is 3. The van der Waals surface area contributed by atoms with Gasteiger partial charge in [0.05, 0.1) is 32.0 Å². The van der Waals surface area contributed by atoms with Gasteiger partial charge in [0.15, 0.2) is 0 Å². The van der Waals surface area contributed by atoms with Gasteiger partial charge in [0, 0.05) is 40.6 Å². The van der Waals surface area contributed by atoms with Crippen LogP contribution in [0.15, 0.2) is 53.7 Å². The molecule has 1 amide bonds. The number of anilines is 1. The summed E-state index contributed by atoms with van der Waals surface area (Å²) in [6.45, 7) is 1.79. The molecule has 0 aromatic heterocycles. The van der Waals surface area contributed by atoms with Crippen LogP contribution in [0.5, 0.6) is 0 Å². The maximum atomic E-state index is 13.2. The Morgan fingerprint density at radius 1 is 0.882 bits per heavy atom. The van der Waals surface area contributed by atoms with Crippen molar-refractivity contribution < 1.29 is 24.8 Å². The summed E-state index contributed by atoms with van der Waals surface area (Å²) < 4.78 is 0. The number of nitrogens with one attached hydrogen (secondary N) is 1. The van der Waals surface area contributed by atoms with Gasteiger partial charge >= 0.3 is 0 Å². The fraction of sp³-hybridized carbons (Fsp3) is 0.0476. The second-order valence-corrected chi connectivity index (χ2v) is 7.35. The second kappa shape index (κ2) is 8.05. The van der Waals surface area contributed by atoms with Crippen LogP contribution < -0.4 is 5.32 Å². The first-order chi connectivity index (χ1) is 16.1. The van der Waals surface area contributed by atoms with Crippen LogP contribution >= 0.6 is 0 Å². The van der Waals surface area contributed by atoms with Crippen LogP contribution in [0.2, 0.25) is 0 Å². The fourth-order valence-electron chi connectivity index (χ4n) is 3.85. The van der Waals surface area contributed by atoms with Crippen molar-refractivity contribution >= 4 is 34.4 Å². The minimum atomic E-state index is -0.875. The molecule has 170 valence electrons. The molecule has 0 saturated carbocycles. The van der Waals surface area contributed by atoms with Crippen molar-refractivity contribution in [3.05, 3.63) is 101 Å². The summed E-state index contributed by atoms with van der Waals surface area (Å²) in [4.78, 5) is 45.3. The number of non-ortho nitro benzene ring substituents is 2. The van der Waals surface area contributed by atoms with Crippen molar-refractivity contribution in [1.29, 1.82) is 0 Å². The van der Waals surface area contributed by atoms with Gasteiger partial charge < -0.3 is 10.5 Å². The number of nitrogens with zero attached hydrogens (tertiary/aromatic N) is 4. The Morgan fingerprint density at radius 3 is 2.06 bits per heavy atom. The first-order valence-corrected chi connectivity index (χ1v) is 9.52. The highest BCUT2D eigenvalue weighted by Crippen LogP contribution is 2.47. The van der Waals surface area contributed by atoms with Crippen LogP contribution in [-0.4, -0.2) is 31.6 Å². The standard InChI is InChI=1S/C21H13N5O8/c1-10-3-2-4-11(5-10)22-21(27)16-8-12(24(29)30)6-14-18(16)19-15(20(14)23-28)7-13(25(31)32)9-17(19)26(33)34/h2-9,28H,1H3,(H,22,27)/b23-20+. The molecule has 0 heterocycles. The molecule has 34 heavy (non-hydrogen) atoms. The number of nitro benzene ring substituents is 3. The molecule has 2 N–H and O–H groups in total. The lowest BCUT2D eigenvalue weighted by Crippen LogP contribution is -2.14. The monoisotopic (exact) mass is 463 g/mol. The number of fused-ring (bicyclic) bond motifs is 3. The Balaban J connectivity index is 2.03. The third-order valence-corrected chi connectivity index (χ3v) is 5.22. The number of amides is 1. The lowest BCUT2D eigenvalue weighted by molar-refractivity contribution is -0.393. The molecule has 0 unspecified atom stereocenters. The average molecular weight is 463 g/mol. The zero-order valence-electron chi connectivity index (χ0n) is 17.2. The quantitative estimate of drug-likeness (QED) is 0.250. The van der Waals surface area contributed by atoms with E-state index in [2.05, 4.69) is 10.5 Å². The lowest BCUT2D eigenvalue weighted by Gasteiger charge is -2.11. The first kappa shape index (κ1) is 22.0. The fourth-order valence-corrected chi connectivity index (χ4v) is 3.85. The van der Waals surface area contributed by atoms with Crippen molar-refractivity contribution in [2.75, 3.05) is 5.32 Å². The Hall–Kier alpha value is -5.20. The average Bonchev–Trinajstić information content (AvgIpc) is 3.10. The number of hydrogen-bond acceptors (Lipinski definition) is 9. The minimum Gasteiger partial charge on any atom is -0.410 e. The Bertz CT molecular complexity index is 1460. The maximum absolute atomic E-state index is 13.2. The summed E-state index contributed by atoms with van der Waals surface area (Å²) in [5, 5.41) is 50.0. The summed E-state index contributed by atoms with van der Waals surface area (Å²) in [6.07, 6.45) is 0. The van der Waals surface area contributed by atoms with Gasteiger partial charge in [-0.15, -0.1) is 0 Å². The first-order valence-electron chi connectivity index (χ1n) is 9.52. The minimum absolute atomic E-state index is 0.111. The smallest absolute Gasteiger partial charge is 0.284 e. The van der Waals surface area contributed by atoms with Crippen molar-refractivity contribution in [2.45, 2.75) is 6.92 Å². The van der Waals surface area contributed by atoms with Gasteiger partial charge in [0.1, 0.15) is 5.71 Å². The van der Waals surface area contributed by atoms with E-state index >= 15 is 0 Å². The predicted molar refractivity (Wildman–Crippen MR) is 118 cm³/mol. The molecule has 0 bridgehead atoms. The van der Waals surface area contributed by atoms with Crippen LogP contribution in [0.4, 0.5) is 22.7 Å². The molecule has 0 radical (unpaired) electrons. The molecule has 0 aliphatic heterocycles. The Labute approximate surface area is 189 Å². The number of hydrogen-bond donors (Lipinski definition) is 2. The van der Waals surface area contributed by atoms with Gasteiger partial charge in [-0.05, 0) is 24.6 Å². The molecular formula is C21H13N5O8. The van der Waals surface area contributed by atoms with E-state index in [9.17, 15) is 40.3 Å². The molecule has 0 fully saturated rings. The van der Waals surface area contributed by atoms with E-state index in [1.165, 1.54) is 0 Å². The van der Waals surface area contributed by atoms with E-state index in [4.69, 9.17) is 0 Å². The predicted octanol–water partition coefficient (Wildman–Crippen LogP) is 4.18.